The molecule has 1 fully saturated rings. The summed E-state index contributed by atoms with van der Waals surface area (Å²) in [5.74, 6) is 0.868. The van der Waals surface area contributed by atoms with Crippen LogP contribution in [0, 0.1) is 18.3 Å². The number of rotatable bonds is 4. The first-order valence-corrected chi connectivity index (χ1v) is 10.6. The highest BCUT2D eigenvalue weighted by atomic mass is 16.5. The average molecular weight is 421 g/mol. The average Bonchev–Trinajstić information content (AvgIpc) is 2.78. The first-order valence-electron chi connectivity index (χ1n) is 10.6. The number of nitriles is 1. The summed E-state index contributed by atoms with van der Waals surface area (Å²) in [6.45, 7) is 1.92. The molecule has 2 aliphatic rings. The van der Waals surface area contributed by atoms with Gasteiger partial charge in [-0.15, -0.1) is 0 Å². The number of pyridine rings is 1. The third kappa shape index (κ3) is 3.52. The third-order valence-electron chi connectivity index (χ3n) is 6.30. The van der Waals surface area contributed by atoms with Gasteiger partial charge in [0, 0.05) is 17.8 Å². The Morgan fingerprint density at radius 2 is 1.84 bits per heavy atom. The van der Waals surface area contributed by atoms with Crippen LogP contribution in [0.4, 0.5) is 0 Å². The molecule has 2 heterocycles. The van der Waals surface area contributed by atoms with E-state index in [0.717, 1.165) is 36.9 Å². The SMILES string of the molecule is COc1ccc(C2C(C#N)=C(N)Oc3cc(C)n(C4CCCCC4)c(=O)c32)cc1OC. The van der Waals surface area contributed by atoms with Crippen LogP contribution >= 0.6 is 0 Å². The molecular weight excluding hydrogens is 394 g/mol. The highest BCUT2D eigenvalue weighted by Gasteiger charge is 2.35. The maximum atomic E-state index is 13.8. The molecule has 31 heavy (non-hydrogen) atoms. The number of hydrogen-bond acceptors (Lipinski definition) is 6. The van der Waals surface area contributed by atoms with E-state index in [0.29, 0.717) is 22.8 Å². The number of methoxy groups -OCH3 is 2. The summed E-state index contributed by atoms with van der Waals surface area (Å²) in [4.78, 5) is 13.8. The van der Waals surface area contributed by atoms with E-state index in [1.54, 1.807) is 26.4 Å². The maximum Gasteiger partial charge on any atom is 0.258 e. The predicted molar refractivity (Wildman–Crippen MR) is 116 cm³/mol. The second-order valence-electron chi connectivity index (χ2n) is 8.07. The number of allylic oxidation sites excluding steroid dienone is 1. The van der Waals surface area contributed by atoms with Gasteiger partial charge in [0.1, 0.15) is 17.4 Å². The normalized spacial score (nSPS) is 18.7. The molecule has 0 radical (unpaired) electrons. The number of hydrogen-bond donors (Lipinski definition) is 1. The van der Waals surface area contributed by atoms with Gasteiger partial charge in [-0.05, 0) is 37.5 Å². The number of aryl methyl sites for hydroxylation is 1. The van der Waals surface area contributed by atoms with E-state index in [-0.39, 0.29) is 23.1 Å². The highest BCUT2D eigenvalue weighted by Crippen LogP contribution is 2.43. The van der Waals surface area contributed by atoms with Gasteiger partial charge >= 0.3 is 0 Å². The molecule has 4 rings (SSSR count). The van der Waals surface area contributed by atoms with E-state index in [9.17, 15) is 10.1 Å². The molecular formula is C24H27N3O4. The predicted octanol–water partition coefficient (Wildman–Crippen LogP) is 3.90. The van der Waals surface area contributed by atoms with Gasteiger partial charge in [0.15, 0.2) is 11.5 Å². The smallest absolute Gasteiger partial charge is 0.258 e. The first-order chi connectivity index (χ1) is 15.0. The van der Waals surface area contributed by atoms with Crippen LogP contribution in [-0.4, -0.2) is 18.8 Å². The number of nitrogens with zero attached hydrogens (tertiary/aromatic N) is 2. The topological polar surface area (TPSA) is 99.5 Å². The number of aromatic nitrogens is 1. The molecule has 1 atom stereocenters. The van der Waals surface area contributed by atoms with Gasteiger partial charge in [-0.1, -0.05) is 25.3 Å². The van der Waals surface area contributed by atoms with Crippen molar-refractivity contribution in [3.63, 3.8) is 0 Å². The number of nitrogens with two attached hydrogens (primary N) is 1. The monoisotopic (exact) mass is 421 g/mol. The largest absolute Gasteiger partial charge is 0.493 e. The van der Waals surface area contributed by atoms with Gasteiger partial charge in [-0.3, -0.25) is 4.79 Å². The molecule has 2 aromatic rings. The van der Waals surface area contributed by atoms with Crippen molar-refractivity contribution in [2.45, 2.75) is 51.0 Å². The molecule has 0 amide bonds. The Bertz CT molecular complexity index is 1140. The van der Waals surface area contributed by atoms with Gasteiger partial charge < -0.3 is 24.5 Å². The zero-order valence-electron chi connectivity index (χ0n) is 18.1. The van der Waals surface area contributed by atoms with Crippen LogP contribution in [0.15, 0.2) is 40.5 Å². The van der Waals surface area contributed by atoms with Crippen molar-refractivity contribution in [2.75, 3.05) is 14.2 Å². The summed E-state index contributed by atoms with van der Waals surface area (Å²) in [7, 11) is 3.11. The second kappa shape index (κ2) is 8.38. The number of fused-ring (bicyclic) bond motifs is 1. The minimum absolute atomic E-state index is 0.0176. The summed E-state index contributed by atoms with van der Waals surface area (Å²) in [5, 5.41) is 9.88. The Labute approximate surface area is 181 Å². The number of ether oxygens (including phenoxy) is 3. The summed E-state index contributed by atoms with van der Waals surface area (Å²) in [6.07, 6.45) is 5.37. The lowest BCUT2D eigenvalue weighted by atomic mass is 9.83. The molecule has 0 spiro atoms. The molecule has 1 aromatic heterocycles. The molecule has 162 valence electrons. The van der Waals surface area contributed by atoms with E-state index >= 15 is 0 Å². The van der Waals surface area contributed by atoms with Crippen molar-refractivity contribution in [1.29, 1.82) is 5.26 Å². The molecule has 0 saturated heterocycles. The Morgan fingerprint density at radius 3 is 2.48 bits per heavy atom. The zero-order valence-corrected chi connectivity index (χ0v) is 18.1. The van der Waals surface area contributed by atoms with E-state index in [4.69, 9.17) is 19.9 Å². The standard InChI is InChI=1S/C24H27N3O4/c1-14-11-20-22(24(28)27(14)16-7-5-4-6-8-16)21(17(13-25)23(26)31-20)15-9-10-18(29-2)19(12-15)30-3/h9-12,16,21H,4-8,26H2,1-3H3. The molecule has 1 saturated carbocycles. The molecule has 1 unspecified atom stereocenters. The highest BCUT2D eigenvalue weighted by molar-refractivity contribution is 5.57. The van der Waals surface area contributed by atoms with Crippen molar-refractivity contribution in [3.05, 3.63) is 62.9 Å². The zero-order chi connectivity index (χ0) is 22.1. The van der Waals surface area contributed by atoms with Gasteiger partial charge in [0.2, 0.25) is 5.88 Å². The van der Waals surface area contributed by atoms with Gasteiger partial charge in [0.25, 0.3) is 5.56 Å². The van der Waals surface area contributed by atoms with Crippen LogP contribution in [0.25, 0.3) is 0 Å². The van der Waals surface area contributed by atoms with Crippen molar-refractivity contribution >= 4 is 0 Å². The second-order valence-corrected chi connectivity index (χ2v) is 8.07. The molecule has 7 nitrogen and oxygen atoms in total. The lowest BCUT2D eigenvalue weighted by molar-refractivity contribution is 0.333. The van der Waals surface area contributed by atoms with Gasteiger partial charge in [-0.25, -0.2) is 0 Å². The third-order valence-corrected chi connectivity index (χ3v) is 6.30. The summed E-state index contributed by atoms with van der Waals surface area (Å²) in [6, 6.07) is 9.56. The molecule has 0 bridgehead atoms. The van der Waals surface area contributed by atoms with Crippen molar-refractivity contribution < 1.29 is 14.2 Å². The molecule has 1 aromatic carbocycles. The Kier molecular flexibility index (Phi) is 5.64. The minimum atomic E-state index is -0.642. The Morgan fingerprint density at radius 1 is 1.13 bits per heavy atom. The fourth-order valence-electron chi connectivity index (χ4n) is 4.82. The maximum absolute atomic E-state index is 13.8. The van der Waals surface area contributed by atoms with Gasteiger partial charge in [-0.2, -0.15) is 5.26 Å². The summed E-state index contributed by atoms with van der Waals surface area (Å²) < 4.78 is 18.4. The van der Waals surface area contributed by atoms with E-state index < -0.39 is 5.92 Å². The van der Waals surface area contributed by atoms with Crippen molar-refractivity contribution in [3.8, 4) is 23.3 Å². The lowest BCUT2D eigenvalue weighted by Crippen LogP contribution is -2.35. The van der Waals surface area contributed by atoms with Crippen molar-refractivity contribution in [2.24, 2.45) is 5.73 Å². The van der Waals surface area contributed by atoms with Gasteiger partial charge in [0.05, 0.1) is 25.7 Å². The van der Waals surface area contributed by atoms with Crippen LogP contribution in [-0.2, 0) is 0 Å². The van der Waals surface area contributed by atoms with Crippen molar-refractivity contribution in [1.82, 2.24) is 4.57 Å². The van der Waals surface area contributed by atoms with Crippen LogP contribution in [0.2, 0.25) is 0 Å². The quantitative estimate of drug-likeness (QED) is 0.804. The van der Waals surface area contributed by atoms with Crippen LogP contribution in [0.5, 0.6) is 17.2 Å². The molecule has 1 aliphatic carbocycles. The Balaban J connectivity index is 1.94. The molecule has 7 heteroatoms. The lowest BCUT2D eigenvalue weighted by Gasteiger charge is -2.31. The summed E-state index contributed by atoms with van der Waals surface area (Å²) >= 11 is 0. The van der Waals surface area contributed by atoms with Crippen LogP contribution in [0.3, 0.4) is 0 Å². The Hall–Kier alpha value is -3.40. The van der Waals surface area contributed by atoms with Crippen LogP contribution in [0.1, 0.15) is 60.9 Å². The summed E-state index contributed by atoms with van der Waals surface area (Å²) in [5.41, 5.74) is 8.21. The molecule has 1 aliphatic heterocycles. The van der Waals surface area contributed by atoms with E-state index in [1.165, 1.54) is 6.42 Å². The van der Waals surface area contributed by atoms with E-state index in [2.05, 4.69) is 6.07 Å². The first kappa shape index (κ1) is 20.9. The minimum Gasteiger partial charge on any atom is -0.493 e. The fourth-order valence-corrected chi connectivity index (χ4v) is 4.82. The fraction of sp³-hybridized carbons (Fsp3) is 0.417. The molecule has 2 N–H and O–H groups in total. The van der Waals surface area contributed by atoms with E-state index in [1.807, 2.05) is 23.6 Å². The van der Waals surface area contributed by atoms with Crippen LogP contribution < -0.4 is 25.5 Å². The number of benzene rings is 1.